The van der Waals surface area contributed by atoms with Gasteiger partial charge in [-0.25, -0.2) is 0 Å². The summed E-state index contributed by atoms with van der Waals surface area (Å²) in [6.45, 7) is 0. The van der Waals surface area contributed by atoms with E-state index in [4.69, 9.17) is 0 Å². The molecule has 1 fully saturated rings. The van der Waals surface area contributed by atoms with E-state index >= 15 is 0 Å². The molecule has 0 aromatic heterocycles. The van der Waals surface area contributed by atoms with Gasteiger partial charge in [0, 0.05) is 35.7 Å². The van der Waals surface area contributed by atoms with Crippen molar-refractivity contribution in [1.82, 2.24) is 0 Å². The fraction of sp³-hybridized carbons (Fsp3) is 0.450. The summed E-state index contributed by atoms with van der Waals surface area (Å²) in [5, 5.41) is 0. The third kappa shape index (κ3) is 3.42. The Hall–Kier alpha value is -2.44. The van der Waals surface area contributed by atoms with Crippen molar-refractivity contribution in [1.29, 1.82) is 0 Å². The maximum atomic E-state index is 12.7. The summed E-state index contributed by atoms with van der Waals surface area (Å²) in [6, 6.07) is 5.62. The molecular formula is C20H18F3NO3. The molecule has 0 spiro atoms. The van der Waals surface area contributed by atoms with Crippen LogP contribution in [0.5, 0.6) is 5.75 Å². The van der Waals surface area contributed by atoms with E-state index < -0.39 is 18.2 Å². The van der Waals surface area contributed by atoms with Crippen molar-refractivity contribution in [2.24, 2.45) is 10.9 Å². The minimum absolute atomic E-state index is 0.00272. The van der Waals surface area contributed by atoms with Crippen molar-refractivity contribution in [2.45, 2.75) is 50.8 Å². The molecule has 0 bridgehead atoms. The molecule has 0 radical (unpaired) electrons. The fourth-order valence-electron chi connectivity index (χ4n) is 4.36. The van der Waals surface area contributed by atoms with E-state index in [0.29, 0.717) is 55.4 Å². The molecule has 27 heavy (non-hydrogen) atoms. The first-order valence-electron chi connectivity index (χ1n) is 9.05. The van der Waals surface area contributed by atoms with Crippen LogP contribution in [-0.2, 0) is 9.59 Å². The Kier molecular flexibility index (Phi) is 4.40. The Labute approximate surface area is 154 Å². The van der Waals surface area contributed by atoms with Gasteiger partial charge in [0.1, 0.15) is 11.5 Å². The van der Waals surface area contributed by atoms with Gasteiger partial charge < -0.3 is 4.74 Å². The lowest BCUT2D eigenvalue weighted by atomic mass is 9.67. The van der Waals surface area contributed by atoms with Crippen molar-refractivity contribution in [3.05, 3.63) is 41.1 Å². The fourth-order valence-corrected chi connectivity index (χ4v) is 4.36. The first kappa shape index (κ1) is 17.9. The number of ether oxygens (including phenoxy) is 1. The summed E-state index contributed by atoms with van der Waals surface area (Å²) in [6.07, 6.45) is -1.28. The number of hydrogen-bond acceptors (Lipinski definition) is 4. The molecule has 1 aromatic carbocycles. The second-order valence-electron chi connectivity index (χ2n) is 7.14. The average Bonchev–Trinajstić information content (AvgIpc) is 2.59. The van der Waals surface area contributed by atoms with Crippen LogP contribution in [0.4, 0.5) is 13.2 Å². The SMILES string of the molecule is O=C1CCCC2=C1C(c1cccc(OC(F)(F)F)c1)C1C(=O)CCCC1=N2. The molecule has 2 aliphatic carbocycles. The predicted octanol–water partition coefficient (Wildman–Crippen LogP) is 4.50. The summed E-state index contributed by atoms with van der Waals surface area (Å²) in [4.78, 5) is 30.0. The van der Waals surface area contributed by atoms with Crippen LogP contribution in [0.2, 0.25) is 0 Å². The molecule has 7 heteroatoms. The number of alkyl halides is 3. The minimum Gasteiger partial charge on any atom is -0.406 e. The molecule has 1 saturated carbocycles. The number of Topliss-reactive ketones (excluding diaryl/α,β-unsaturated/α-hetero) is 2. The number of halogens is 3. The van der Waals surface area contributed by atoms with Crippen molar-refractivity contribution < 1.29 is 27.5 Å². The predicted molar refractivity (Wildman–Crippen MR) is 91.5 cm³/mol. The minimum atomic E-state index is -4.80. The Morgan fingerprint density at radius 1 is 1.00 bits per heavy atom. The number of ketones is 2. The van der Waals surface area contributed by atoms with Gasteiger partial charge >= 0.3 is 6.36 Å². The van der Waals surface area contributed by atoms with Gasteiger partial charge in [0.15, 0.2) is 5.78 Å². The lowest BCUT2D eigenvalue weighted by Crippen LogP contribution is -2.39. The summed E-state index contributed by atoms with van der Waals surface area (Å²) >= 11 is 0. The lowest BCUT2D eigenvalue weighted by molar-refractivity contribution is -0.274. The van der Waals surface area contributed by atoms with E-state index in [1.165, 1.54) is 18.2 Å². The quantitative estimate of drug-likeness (QED) is 0.763. The van der Waals surface area contributed by atoms with Gasteiger partial charge in [-0.3, -0.25) is 14.6 Å². The molecule has 4 nitrogen and oxygen atoms in total. The first-order chi connectivity index (χ1) is 12.8. The number of hydrogen-bond donors (Lipinski definition) is 0. The smallest absolute Gasteiger partial charge is 0.406 e. The molecule has 0 saturated heterocycles. The molecular weight excluding hydrogens is 359 g/mol. The van der Waals surface area contributed by atoms with E-state index in [2.05, 4.69) is 9.73 Å². The van der Waals surface area contributed by atoms with Crippen LogP contribution in [0, 0.1) is 5.92 Å². The van der Waals surface area contributed by atoms with Crippen LogP contribution in [0.3, 0.4) is 0 Å². The van der Waals surface area contributed by atoms with Gasteiger partial charge in [-0.2, -0.15) is 0 Å². The Bertz CT molecular complexity index is 869. The number of fused-ring (bicyclic) bond motifs is 1. The normalized spacial score (nSPS) is 25.7. The maximum Gasteiger partial charge on any atom is 0.573 e. The monoisotopic (exact) mass is 377 g/mol. The number of rotatable bonds is 2. The van der Waals surface area contributed by atoms with Crippen molar-refractivity contribution in [3.8, 4) is 5.75 Å². The summed E-state index contributed by atoms with van der Waals surface area (Å²) < 4.78 is 41.9. The molecule has 142 valence electrons. The molecule has 1 heterocycles. The van der Waals surface area contributed by atoms with Gasteiger partial charge in [0.2, 0.25) is 0 Å². The zero-order valence-electron chi connectivity index (χ0n) is 14.5. The van der Waals surface area contributed by atoms with E-state index in [1.54, 1.807) is 6.07 Å². The number of allylic oxidation sites excluding steroid dienone is 2. The number of nitrogens with zero attached hydrogens (tertiary/aromatic N) is 1. The highest BCUT2D eigenvalue weighted by Gasteiger charge is 2.44. The van der Waals surface area contributed by atoms with Crippen LogP contribution in [-0.4, -0.2) is 23.6 Å². The number of carbonyl (C=O) groups is 2. The second-order valence-corrected chi connectivity index (χ2v) is 7.14. The van der Waals surface area contributed by atoms with E-state index in [0.717, 1.165) is 5.71 Å². The van der Waals surface area contributed by atoms with Crippen LogP contribution >= 0.6 is 0 Å². The Balaban J connectivity index is 1.82. The maximum absolute atomic E-state index is 12.7. The van der Waals surface area contributed by atoms with Crippen LogP contribution in [0.1, 0.15) is 50.0 Å². The van der Waals surface area contributed by atoms with Gasteiger partial charge in [0.05, 0.1) is 5.92 Å². The zero-order valence-corrected chi connectivity index (χ0v) is 14.5. The molecule has 2 atom stereocenters. The third-order valence-corrected chi connectivity index (χ3v) is 5.36. The van der Waals surface area contributed by atoms with E-state index in [-0.39, 0.29) is 17.3 Å². The molecule has 3 aliphatic rings. The topological polar surface area (TPSA) is 55.7 Å². The Morgan fingerprint density at radius 2 is 1.78 bits per heavy atom. The average molecular weight is 377 g/mol. The lowest BCUT2D eigenvalue weighted by Gasteiger charge is -2.38. The molecule has 1 aromatic rings. The number of benzene rings is 1. The Morgan fingerprint density at radius 3 is 2.56 bits per heavy atom. The van der Waals surface area contributed by atoms with Gasteiger partial charge in [-0.05, 0) is 43.4 Å². The standard InChI is InChI=1S/C20H18F3NO3/c21-20(22,23)27-12-5-1-4-11(10-12)17-18-13(6-2-8-15(18)25)24-14-7-3-9-16(26)19(14)17/h1,4-5,10,17-18H,2-3,6-9H2. The molecule has 0 N–H and O–H groups in total. The first-order valence-corrected chi connectivity index (χ1v) is 9.05. The van der Waals surface area contributed by atoms with E-state index in [9.17, 15) is 22.8 Å². The van der Waals surface area contributed by atoms with Crippen molar-refractivity contribution in [2.75, 3.05) is 0 Å². The summed E-state index contributed by atoms with van der Waals surface area (Å²) in [7, 11) is 0. The zero-order chi connectivity index (χ0) is 19.2. The largest absolute Gasteiger partial charge is 0.573 e. The summed E-state index contributed by atoms with van der Waals surface area (Å²) in [5.41, 5.74) is 2.44. The number of carbonyl (C=O) groups excluding carboxylic acids is 2. The third-order valence-electron chi connectivity index (χ3n) is 5.36. The van der Waals surface area contributed by atoms with Gasteiger partial charge in [-0.15, -0.1) is 13.2 Å². The second kappa shape index (κ2) is 6.62. The molecule has 0 amide bonds. The summed E-state index contributed by atoms with van der Waals surface area (Å²) in [5.74, 6) is -1.56. The molecule has 2 unspecified atom stereocenters. The highest BCUT2D eigenvalue weighted by atomic mass is 19.4. The highest BCUT2D eigenvalue weighted by molar-refractivity contribution is 6.12. The van der Waals surface area contributed by atoms with Gasteiger partial charge in [-0.1, -0.05) is 12.1 Å². The van der Waals surface area contributed by atoms with Crippen molar-refractivity contribution in [3.63, 3.8) is 0 Å². The molecule has 1 aliphatic heterocycles. The van der Waals surface area contributed by atoms with Crippen LogP contribution in [0.15, 0.2) is 40.5 Å². The number of aliphatic imine (C=N–C) groups is 1. The van der Waals surface area contributed by atoms with E-state index in [1.807, 2.05) is 0 Å². The van der Waals surface area contributed by atoms with Gasteiger partial charge in [0.25, 0.3) is 0 Å². The van der Waals surface area contributed by atoms with Crippen LogP contribution in [0.25, 0.3) is 0 Å². The molecule has 4 rings (SSSR count). The highest BCUT2D eigenvalue weighted by Crippen LogP contribution is 2.46. The van der Waals surface area contributed by atoms with Crippen LogP contribution < -0.4 is 4.74 Å². The van der Waals surface area contributed by atoms with Crippen molar-refractivity contribution >= 4 is 17.3 Å².